The number of carbonyl (C=O) groups is 1. The van der Waals surface area contributed by atoms with Crippen LogP contribution in [-0.4, -0.2) is 40.3 Å². The van der Waals surface area contributed by atoms with E-state index in [4.69, 9.17) is 9.63 Å². The minimum Gasteiger partial charge on any atom is -0.395 e. The van der Waals surface area contributed by atoms with Crippen LogP contribution in [0.3, 0.4) is 0 Å². The van der Waals surface area contributed by atoms with Gasteiger partial charge in [0.2, 0.25) is 5.76 Å². The highest BCUT2D eigenvalue weighted by molar-refractivity contribution is 5.92. The number of carbonyl (C=O) groups excluding carboxylic acids is 1. The molecular formula is C13H20N2O3. The second kappa shape index (κ2) is 6.00. The Labute approximate surface area is 107 Å². The van der Waals surface area contributed by atoms with Crippen molar-refractivity contribution >= 4 is 5.91 Å². The fourth-order valence-electron chi connectivity index (χ4n) is 2.58. The minimum absolute atomic E-state index is 0.0184. The highest BCUT2D eigenvalue weighted by Crippen LogP contribution is 2.24. The SMILES string of the molecule is Cc1cnoc1C(=O)N(CCO)C1CCCCC1. The van der Waals surface area contributed by atoms with Gasteiger partial charge in [0.15, 0.2) is 0 Å². The minimum atomic E-state index is -0.147. The predicted molar refractivity (Wildman–Crippen MR) is 66.2 cm³/mol. The summed E-state index contributed by atoms with van der Waals surface area (Å²) >= 11 is 0. The first kappa shape index (κ1) is 13.1. The number of rotatable bonds is 4. The fraction of sp³-hybridized carbons (Fsp3) is 0.692. The van der Waals surface area contributed by atoms with Crippen LogP contribution in [0, 0.1) is 6.92 Å². The zero-order valence-electron chi connectivity index (χ0n) is 10.8. The fourth-order valence-corrected chi connectivity index (χ4v) is 2.58. The molecule has 5 heteroatoms. The van der Waals surface area contributed by atoms with Crippen molar-refractivity contribution < 1.29 is 14.4 Å². The zero-order valence-corrected chi connectivity index (χ0v) is 10.8. The molecule has 1 aliphatic carbocycles. The number of aryl methyl sites for hydroxylation is 1. The zero-order chi connectivity index (χ0) is 13.0. The van der Waals surface area contributed by atoms with E-state index in [1.165, 1.54) is 6.42 Å². The normalized spacial score (nSPS) is 16.8. The Morgan fingerprint density at radius 1 is 1.50 bits per heavy atom. The van der Waals surface area contributed by atoms with E-state index in [-0.39, 0.29) is 18.6 Å². The maximum absolute atomic E-state index is 12.4. The first-order valence-electron chi connectivity index (χ1n) is 6.57. The molecule has 1 amide bonds. The van der Waals surface area contributed by atoms with E-state index in [1.807, 2.05) is 6.92 Å². The summed E-state index contributed by atoms with van der Waals surface area (Å²) in [6.45, 7) is 2.15. The van der Waals surface area contributed by atoms with E-state index in [1.54, 1.807) is 11.1 Å². The van der Waals surface area contributed by atoms with Crippen molar-refractivity contribution in [1.82, 2.24) is 10.1 Å². The van der Waals surface area contributed by atoms with Crippen LogP contribution in [0.4, 0.5) is 0 Å². The molecule has 1 heterocycles. The van der Waals surface area contributed by atoms with Gasteiger partial charge in [0.25, 0.3) is 5.91 Å². The topological polar surface area (TPSA) is 66.6 Å². The summed E-state index contributed by atoms with van der Waals surface area (Å²) < 4.78 is 5.02. The number of aromatic nitrogens is 1. The highest BCUT2D eigenvalue weighted by Gasteiger charge is 2.28. The van der Waals surface area contributed by atoms with Crippen molar-refractivity contribution in [3.63, 3.8) is 0 Å². The van der Waals surface area contributed by atoms with Crippen molar-refractivity contribution in [3.05, 3.63) is 17.5 Å². The predicted octanol–water partition coefficient (Wildman–Crippen LogP) is 1.75. The Bertz CT molecular complexity index is 397. The Balaban J connectivity index is 2.13. The summed E-state index contributed by atoms with van der Waals surface area (Å²) in [7, 11) is 0. The number of hydrogen-bond donors (Lipinski definition) is 1. The lowest BCUT2D eigenvalue weighted by atomic mass is 9.94. The monoisotopic (exact) mass is 252 g/mol. The van der Waals surface area contributed by atoms with Crippen LogP contribution in [0.1, 0.15) is 48.2 Å². The third kappa shape index (κ3) is 2.72. The Morgan fingerprint density at radius 2 is 2.22 bits per heavy atom. The molecule has 0 aliphatic heterocycles. The first-order chi connectivity index (χ1) is 8.74. The molecule has 0 unspecified atom stereocenters. The van der Waals surface area contributed by atoms with Crippen LogP contribution < -0.4 is 0 Å². The lowest BCUT2D eigenvalue weighted by molar-refractivity contribution is 0.0543. The summed E-state index contributed by atoms with van der Waals surface area (Å²) in [6.07, 6.45) is 7.10. The van der Waals surface area contributed by atoms with Gasteiger partial charge >= 0.3 is 0 Å². The van der Waals surface area contributed by atoms with Gasteiger partial charge in [-0.3, -0.25) is 4.79 Å². The third-order valence-corrected chi connectivity index (χ3v) is 3.56. The van der Waals surface area contributed by atoms with E-state index in [0.717, 1.165) is 31.2 Å². The molecule has 1 aliphatic rings. The van der Waals surface area contributed by atoms with Gasteiger partial charge in [0.05, 0.1) is 12.8 Å². The molecule has 0 radical (unpaired) electrons. The van der Waals surface area contributed by atoms with E-state index in [0.29, 0.717) is 12.3 Å². The van der Waals surface area contributed by atoms with Gasteiger partial charge in [-0.15, -0.1) is 0 Å². The standard InChI is InChI=1S/C13H20N2O3/c1-10-9-14-18-12(10)13(17)15(7-8-16)11-5-3-2-4-6-11/h9,11,16H,2-8H2,1H3. The van der Waals surface area contributed by atoms with Gasteiger partial charge in [-0.25, -0.2) is 0 Å². The van der Waals surface area contributed by atoms with Crippen LogP contribution in [0.25, 0.3) is 0 Å². The van der Waals surface area contributed by atoms with Gasteiger partial charge < -0.3 is 14.5 Å². The maximum atomic E-state index is 12.4. The second-order valence-electron chi connectivity index (χ2n) is 4.85. The van der Waals surface area contributed by atoms with E-state index in [2.05, 4.69) is 5.16 Å². The Hall–Kier alpha value is -1.36. The summed E-state index contributed by atoms with van der Waals surface area (Å²) in [5.74, 6) is 0.153. The molecule has 18 heavy (non-hydrogen) atoms. The Morgan fingerprint density at radius 3 is 2.78 bits per heavy atom. The summed E-state index contributed by atoms with van der Waals surface area (Å²) in [6, 6.07) is 0.225. The van der Waals surface area contributed by atoms with Crippen LogP contribution in [0.15, 0.2) is 10.7 Å². The summed E-state index contributed by atoms with van der Waals surface area (Å²) in [5, 5.41) is 12.8. The maximum Gasteiger partial charge on any atom is 0.293 e. The Kier molecular flexibility index (Phi) is 4.36. The third-order valence-electron chi connectivity index (χ3n) is 3.56. The number of nitrogens with zero attached hydrogens (tertiary/aromatic N) is 2. The smallest absolute Gasteiger partial charge is 0.293 e. The molecule has 1 saturated carbocycles. The van der Waals surface area contributed by atoms with Crippen LogP contribution >= 0.6 is 0 Å². The number of aliphatic hydroxyl groups is 1. The van der Waals surface area contributed by atoms with Crippen LogP contribution in [0.5, 0.6) is 0 Å². The van der Waals surface area contributed by atoms with E-state index < -0.39 is 0 Å². The molecule has 2 rings (SSSR count). The molecule has 0 bridgehead atoms. The second-order valence-corrected chi connectivity index (χ2v) is 4.85. The van der Waals surface area contributed by atoms with Gasteiger partial charge in [0, 0.05) is 18.2 Å². The van der Waals surface area contributed by atoms with E-state index >= 15 is 0 Å². The molecular weight excluding hydrogens is 232 g/mol. The van der Waals surface area contributed by atoms with Crippen molar-refractivity contribution in [2.45, 2.75) is 45.1 Å². The van der Waals surface area contributed by atoms with Crippen molar-refractivity contribution in [1.29, 1.82) is 0 Å². The number of aliphatic hydroxyl groups excluding tert-OH is 1. The molecule has 1 aromatic rings. The molecule has 1 fully saturated rings. The molecule has 0 aromatic carbocycles. The highest BCUT2D eigenvalue weighted by atomic mass is 16.5. The summed E-state index contributed by atoms with van der Waals surface area (Å²) in [5.41, 5.74) is 0.749. The molecule has 0 atom stereocenters. The van der Waals surface area contributed by atoms with Crippen LogP contribution in [-0.2, 0) is 0 Å². The first-order valence-corrected chi connectivity index (χ1v) is 6.57. The van der Waals surface area contributed by atoms with Gasteiger partial charge in [0.1, 0.15) is 0 Å². The molecule has 100 valence electrons. The lowest BCUT2D eigenvalue weighted by Crippen LogP contribution is -2.43. The average molecular weight is 252 g/mol. The molecule has 5 nitrogen and oxygen atoms in total. The largest absolute Gasteiger partial charge is 0.395 e. The van der Waals surface area contributed by atoms with Gasteiger partial charge in [-0.05, 0) is 19.8 Å². The summed E-state index contributed by atoms with van der Waals surface area (Å²) in [4.78, 5) is 14.1. The van der Waals surface area contributed by atoms with Crippen LogP contribution in [0.2, 0.25) is 0 Å². The number of amides is 1. The molecule has 0 saturated heterocycles. The van der Waals surface area contributed by atoms with Crippen molar-refractivity contribution in [3.8, 4) is 0 Å². The molecule has 0 spiro atoms. The number of hydrogen-bond acceptors (Lipinski definition) is 4. The van der Waals surface area contributed by atoms with Crippen molar-refractivity contribution in [2.75, 3.05) is 13.2 Å². The lowest BCUT2D eigenvalue weighted by Gasteiger charge is -2.33. The van der Waals surface area contributed by atoms with Crippen molar-refractivity contribution in [2.24, 2.45) is 0 Å². The van der Waals surface area contributed by atoms with Gasteiger partial charge in [-0.1, -0.05) is 24.4 Å². The average Bonchev–Trinajstić information content (AvgIpc) is 2.82. The molecule has 1 N–H and O–H groups in total. The molecule has 1 aromatic heterocycles. The van der Waals surface area contributed by atoms with E-state index in [9.17, 15) is 4.79 Å². The quantitative estimate of drug-likeness (QED) is 0.886. The van der Waals surface area contributed by atoms with Gasteiger partial charge in [-0.2, -0.15) is 0 Å².